The maximum absolute atomic E-state index is 5.21. The van der Waals surface area contributed by atoms with E-state index in [1.54, 1.807) is 7.11 Å². The lowest BCUT2D eigenvalue weighted by Crippen LogP contribution is -2.46. The van der Waals surface area contributed by atoms with E-state index < -0.39 is 0 Å². The molecular formula is C13H20N2O. The van der Waals surface area contributed by atoms with Crippen LogP contribution in [0.1, 0.15) is 5.56 Å². The fourth-order valence-electron chi connectivity index (χ4n) is 2.07. The summed E-state index contributed by atoms with van der Waals surface area (Å²) in [4.78, 5) is 7.71. The summed E-state index contributed by atoms with van der Waals surface area (Å²) < 4.78 is 0. The molecule has 1 aromatic rings. The Morgan fingerprint density at radius 3 is 2.38 bits per heavy atom. The van der Waals surface area contributed by atoms with E-state index in [2.05, 4.69) is 35.2 Å². The summed E-state index contributed by atoms with van der Waals surface area (Å²) in [6, 6.07) is 10.7. The first kappa shape index (κ1) is 11.6. The van der Waals surface area contributed by atoms with E-state index in [0.29, 0.717) is 0 Å². The van der Waals surface area contributed by atoms with E-state index in [4.69, 9.17) is 4.84 Å². The summed E-state index contributed by atoms with van der Waals surface area (Å²) >= 11 is 0. The first-order valence-electron chi connectivity index (χ1n) is 5.94. The highest BCUT2D eigenvalue weighted by molar-refractivity contribution is 5.14. The molecule has 0 N–H and O–H groups in total. The van der Waals surface area contributed by atoms with Crippen LogP contribution in [-0.4, -0.2) is 49.8 Å². The van der Waals surface area contributed by atoms with Crippen molar-refractivity contribution in [1.29, 1.82) is 0 Å². The highest BCUT2D eigenvalue weighted by Gasteiger charge is 2.15. The van der Waals surface area contributed by atoms with Gasteiger partial charge in [-0.05, 0) is 12.0 Å². The second kappa shape index (κ2) is 5.99. The lowest BCUT2D eigenvalue weighted by Gasteiger charge is -2.32. The zero-order chi connectivity index (χ0) is 11.2. The minimum atomic E-state index is 1.02. The second-order valence-electron chi connectivity index (χ2n) is 4.19. The predicted molar refractivity (Wildman–Crippen MR) is 65.2 cm³/mol. The van der Waals surface area contributed by atoms with Gasteiger partial charge in [-0.15, -0.1) is 0 Å². The maximum Gasteiger partial charge on any atom is 0.0575 e. The molecule has 88 valence electrons. The Morgan fingerprint density at radius 2 is 1.75 bits per heavy atom. The van der Waals surface area contributed by atoms with Crippen molar-refractivity contribution < 1.29 is 4.84 Å². The number of nitrogens with zero attached hydrogens (tertiary/aromatic N) is 2. The Morgan fingerprint density at radius 1 is 1.06 bits per heavy atom. The molecule has 1 saturated heterocycles. The zero-order valence-electron chi connectivity index (χ0n) is 9.93. The molecule has 0 saturated carbocycles. The summed E-state index contributed by atoms with van der Waals surface area (Å²) in [5, 5.41) is 2.03. The standard InChI is InChI=1S/C13H20N2O/c1-16-15-11-9-14(10-12-15)8-7-13-5-3-2-4-6-13/h2-6H,7-12H2,1H3. The number of benzene rings is 1. The monoisotopic (exact) mass is 220 g/mol. The fourth-order valence-corrected chi connectivity index (χ4v) is 2.07. The molecule has 0 radical (unpaired) electrons. The van der Waals surface area contributed by atoms with Gasteiger partial charge in [-0.3, -0.25) is 0 Å². The van der Waals surface area contributed by atoms with Gasteiger partial charge in [-0.1, -0.05) is 30.3 Å². The molecule has 3 heteroatoms. The van der Waals surface area contributed by atoms with E-state index in [9.17, 15) is 0 Å². The van der Waals surface area contributed by atoms with Gasteiger partial charge in [0.15, 0.2) is 0 Å². The van der Waals surface area contributed by atoms with Gasteiger partial charge in [0.25, 0.3) is 0 Å². The smallest absolute Gasteiger partial charge is 0.0575 e. The van der Waals surface area contributed by atoms with Gasteiger partial charge in [-0.25, -0.2) is 0 Å². The topological polar surface area (TPSA) is 15.7 Å². The molecular weight excluding hydrogens is 200 g/mol. The van der Waals surface area contributed by atoms with Gasteiger partial charge in [0.1, 0.15) is 0 Å². The molecule has 1 fully saturated rings. The second-order valence-corrected chi connectivity index (χ2v) is 4.19. The summed E-state index contributed by atoms with van der Waals surface area (Å²) in [6.45, 7) is 5.42. The van der Waals surface area contributed by atoms with Crippen LogP contribution in [0.2, 0.25) is 0 Å². The lowest BCUT2D eigenvalue weighted by atomic mass is 10.1. The normalized spacial score (nSPS) is 18.8. The molecule has 1 aliphatic rings. The molecule has 1 heterocycles. The molecule has 16 heavy (non-hydrogen) atoms. The Kier molecular flexibility index (Phi) is 4.34. The molecule has 3 nitrogen and oxygen atoms in total. The van der Waals surface area contributed by atoms with Gasteiger partial charge >= 0.3 is 0 Å². The highest BCUT2D eigenvalue weighted by Crippen LogP contribution is 2.05. The van der Waals surface area contributed by atoms with Crippen LogP contribution in [0.5, 0.6) is 0 Å². The van der Waals surface area contributed by atoms with Crippen LogP contribution in [0.3, 0.4) is 0 Å². The third-order valence-electron chi connectivity index (χ3n) is 3.15. The third kappa shape index (κ3) is 3.30. The SMILES string of the molecule is CON1CCN(CCc2ccccc2)CC1. The van der Waals surface area contributed by atoms with E-state index in [1.807, 2.05) is 5.06 Å². The van der Waals surface area contributed by atoms with Crippen molar-refractivity contribution in [3.05, 3.63) is 35.9 Å². The van der Waals surface area contributed by atoms with E-state index in [0.717, 1.165) is 39.1 Å². The van der Waals surface area contributed by atoms with Crippen LogP contribution < -0.4 is 0 Å². The maximum atomic E-state index is 5.21. The third-order valence-corrected chi connectivity index (χ3v) is 3.15. The molecule has 1 aromatic carbocycles. The Labute approximate surface area is 97.6 Å². The van der Waals surface area contributed by atoms with Crippen molar-refractivity contribution in [2.24, 2.45) is 0 Å². The summed E-state index contributed by atoms with van der Waals surface area (Å²) in [5.74, 6) is 0. The zero-order valence-corrected chi connectivity index (χ0v) is 9.93. The Balaban J connectivity index is 1.72. The Hall–Kier alpha value is -0.900. The highest BCUT2D eigenvalue weighted by atomic mass is 16.7. The minimum Gasteiger partial charge on any atom is -0.302 e. The summed E-state index contributed by atoms with van der Waals surface area (Å²) in [7, 11) is 1.75. The van der Waals surface area contributed by atoms with E-state index >= 15 is 0 Å². The van der Waals surface area contributed by atoms with Crippen LogP contribution in [0, 0.1) is 0 Å². The minimum absolute atomic E-state index is 1.02. The number of hydroxylamine groups is 2. The van der Waals surface area contributed by atoms with E-state index in [-0.39, 0.29) is 0 Å². The number of rotatable bonds is 4. The molecule has 0 bridgehead atoms. The van der Waals surface area contributed by atoms with E-state index in [1.165, 1.54) is 5.56 Å². The van der Waals surface area contributed by atoms with Crippen LogP contribution in [-0.2, 0) is 11.3 Å². The van der Waals surface area contributed by atoms with Crippen LogP contribution in [0.4, 0.5) is 0 Å². The Bertz CT molecular complexity index is 294. The van der Waals surface area contributed by atoms with Crippen molar-refractivity contribution in [3.8, 4) is 0 Å². The fraction of sp³-hybridized carbons (Fsp3) is 0.538. The van der Waals surface area contributed by atoms with Crippen LogP contribution >= 0.6 is 0 Å². The van der Waals surface area contributed by atoms with Crippen molar-refractivity contribution in [1.82, 2.24) is 9.96 Å². The molecule has 2 rings (SSSR count). The van der Waals surface area contributed by atoms with Crippen molar-refractivity contribution >= 4 is 0 Å². The molecule has 0 spiro atoms. The quantitative estimate of drug-likeness (QED) is 0.763. The number of hydrogen-bond acceptors (Lipinski definition) is 3. The van der Waals surface area contributed by atoms with Crippen LogP contribution in [0.25, 0.3) is 0 Å². The van der Waals surface area contributed by atoms with Gasteiger partial charge < -0.3 is 9.74 Å². The average Bonchev–Trinajstić information content (AvgIpc) is 2.38. The predicted octanol–water partition coefficient (Wildman–Crippen LogP) is 1.41. The van der Waals surface area contributed by atoms with Crippen molar-refractivity contribution in [2.45, 2.75) is 6.42 Å². The van der Waals surface area contributed by atoms with Crippen molar-refractivity contribution in [3.63, 3.8) is 0 Å². The summed E-state index contributed by atoms with van der Waals surface area (Å²) in [5.41, 5.74) is 1.43. The van der Waals surface area contributed by atoms with Gasteiger partial charge in [-0.2, -0.15) is 5.06 Å². The van der Waals surface area contributed by atoms with Crippen molar-refractivity contribution in [2.75, 3.05) is 39.8 Å². The molecule has 1 aliphatic heterocycles. The summed E-state index contributed by atoms with van der Waals surface area (Å²) in [6.07, 6.45) is 1.15. The van der Waals surface area contributed by atoms with Gasteiger partial charge in [0.05, 0.1) is 7.11 Å². The lowest BCUT2D eigenvalue weighted by molar-refractivity contribution is -0.151. The molecule has 0 atom stereocenters. The average molecular weight is 220 g/mol. The van der Waals surface area contributed by atoms with Gasteiger partial charge in [0.2, 0.25) is 0 Å². The first-order valence-corrected chi connectivity index (χ1v) is 5.94. The molecule has 0 aromatic heterocycles. The molecule has 0 unspecified atom stereocenters. The molecule has 0 amide bonds. The number of hydrogen-bond donors (Lipinski definition) is 0. The largest absolute Gasteiger partial charge is 0.302 e. The molecule has 0 aliphatic carbocycles. The number of piperazine rings is 1. The van der Waals surface area contributed by atoms with Gasteiger partial charge in [0, 0.05) is 32.7 Å². The van der Waals surface area contributed by atoms with Crippen LogP contribution in [0.15, 0.2) is 30.3 Å². The first-order chi connectivity index (χ1) is 7.88.